The molecule has 1 atom stereocenters. The predicted octanol–water partition coefficient (Wildman–Crippen LogP) is 3.96. The van der Waals surface area contributed by atoms with Gasteiger partial charge in [0.05, 0.1) is 17.9 Å². The summed E-state index contributed by atoms with van der Waals surface area (Å²) in [6.45, 7) is 11.5. The molecular weight excluding hydrogens is 612 g/mol. The Kier molecular flexibility index (Phi) is 8.15. The molecule has 0 unspecified atom stereocenters. The number of carbonyl (C=O) groups excluding carboxylic acids is 1. The number of ether oxygens (including phenoxy) is 1. The van der Waals surface area contributed by atoms with Crippen molar-refractivity contribution in [3.63, 3.8) is 0 Å². The third-order valence-electron chi connectivity index (χ3n) is 8.17. The molecule has 12 heteroatoms. The topological polar surface area (TPSA) is 111 Å². The lowest BCUT2D eigenvalue weighted by molar-refractivity contribution is 0.0652. The van der Waals surface area contributed by atoms with E-state index >= 15 is 0 Å². The van der Waals surface area contributed by atoms with Gasteiger partial charge in [-0.05, 0) is 95.9 Å². The zero-order valence-electron chi connectivity index (χ0n) is 24.9. The number of hydrogen-bond donors (Lipinski definition) is 0. The van der Waals surface area contributed by atoms with E-state index < -0.39 is 0 Å². The van der Waals surface area contributed by atoms with Gasteiger partial charge in [0.15, 0.2) is 5.82 Å². The summed E-state index contributed by atoms with van der Waals surface area (Å²) in [6.07, 6.45) is 2.83. The Morgan fingerprint density at radius 2 is 1.86 bits per heavy atom. The number of hydrogen-bond acceptors (Lipinski definition) is 8. The third-order valence-corrected chi connectivity index (χ3v) is 9.06. The Bertz CT molecular complexity index is 1730. The van der Waals surface area contributed by atoms with E-state index in [2.05, 4.69) is 36.1 Å². The number of benzene rings is 1. The molecule has 11 nitrogen and oxygen atoms in total. The Hall–Kier alpha value is -3.90. The maximum absolute atomic E-state index is 14.2. The van der Waals surface area contributed by atoms with Gasteiger partial charge in [-0.15, -0.1) is 10.2 Å². The highest BCUT2D eigenvalue weighted by atomic mass is 79.9. The van der Waals surface area contributed by atoms with Crippen LogP contribution in [0.5, 0.6) is 5.88 Å². The molecule has 2 aliphatic rings. The fourth-order valence-electron chi connectivity index (χ4n) is 5.84. The number of aromatic nitrogens is 6. The van der Waals surface area contributed by atoms with Gasteiger partial charge in [0.2, 0.25) is 11.8 Å². The van der Waals surface area contributed by atoms with E-state index in [-0.39, 0.29) is 24.1 Å². The van der Waals surface area contributed by atoms with Gasteiger partial charge in [-0.1, -0.05) is 15.9 Å². The summed E-state index contributed by atoms with van der Waals surface area (Å²) < 4.78 is 9.89. The van der Waals surface area contributed by atoms with E-state index in [1.165, 1.54) is 17.4 Å². The van der Waals surface area contributed by atoms with Crippen LogP contribution in [0.2, 0.25) is 0 Å². The number of amides is 1. The molecule has 0 aliphatic carbocycles. The predicted molar refractivity (Wildman–Crippen MR) is 165 cm³/mol. The first-order valence-corrected chi connectivity index (χ1v) is 15.4. The molecule has 1 saturated heterocycles. The molecule has 0 spiro atoms. The molecule has 1 amide bonds. The largest absolute Gasteiger partial charge is 0.475 e. The summed E-state index contributed by atoms with van der Waals surface area (Å²) in [5.74, 6) is 0.929. The summed E-state index contributed by atoms with van der Waals surface area (Å²) >= 11 is 3.51. The van der Waals surface area contributed by atoms with Crippen LogP contribution in [0, 0.1) is 20.8 Å². The van der Waals surface area contributed by atoms with Crippen molar-refractivity contribution >= 4 is 21.8 Å². The van der Waals surface area contributed by atoms with Crippen LogP contribution in [0.25, 0.3) is 11.8 Å². The van der Waals surface area contributed by atoms with Gasteiger partial charge >= 0.3 is 0 Å². The quantitative estimate of drug-likeness (QED) is 0.297. The molecule has 0 saturated carbocycles. The molecular formula is C31H35BrN8O3. The maximum atomic E-state index is 14.2. The Morgan fingerprint density at radius 1 is 1.07 bits per heavy atom. The van der Waals surface area contributed by atoms with Gasteiger partial charge < -0.3 is 9.64 Å². The number of rotatable bonds is 7. The number of likely N-dealkylation sites (tertiary alicyclic amines) is 1. The van der Waals surface area contributed by atoms with Crippen LogP contribution in [0.3, 0.4) is 0 Å². The zero-order valence-corrected chi connectivity index (χ0v) is 26.5. The Morgan fingerprint density at radius 3 is 2.53 bits per heavy atom. The van der Waals surface area contributed by atoms with Crippen LogP contribution >= 0.6 is 15.9 Å². The van der Waals surface area contributed by atoms with Crippen molar-refractivity contribution in [3.8, 4) is 17.6 Å². The van der Waals surface area contributed by atoms with Crippen molar-refractivity contribution < 1.29 is 9.53 Å². The lowest BCUT2D eigenvalue weighted by Gasteiger charge is -2.34. The molecule has 4 aromatic rings. The summed E-state index contributed by atoms with van der Waals surface area (Å²) in [6, 6.07) is 10.7. The van der Waals surface area contributed by atoms with E-state index in [0.29, 0.717) is 47.5 Å². The van der Waals surface area contributed by atoms with Gasteiger partial charge in [-0.25, -0.2) is 14.2 Å². The number of carbonyl (C=O) groups is 1. The van der Waals surface area contributed by atoms with Crippen LogP contribution in [0.4, 0.5) is 0 Å². The van der Waals surface area contributed by atoms with Gasteiger partial charge in [-0.2, -0.15) is 5.10 Å². The zero-order chi connectivity index (χ0) is 30.2. The van der Waals surface area contributed by atoms with Crippen molar-refractivity contribution in [2.45, 2.75) is 59.5 Å². The maximum Gasteiger partial charge on any atom is 0.264 e. The van der Waals surface area contributed by atoms with Crippen LogP contribution < -0.4 is 10.3 Å². The second kappa shape index (κ2) is 12.0. The summed E-state index contributed by atoms with van der Waals surface area (Å²) in [5.41, 5.74) is 4.05. The average Bonchev–Trinajstić information content (AvgIpc) is 3.63. The van der Waals surface area contributed by atoms with E-state index in [1.807, 2.05) is 52.0 Å². The number of nitrogens with zero attached hydrogens (tertiary/aromatic N) is 8. The van der Waals surface area contributed by atoms with Crippen molar-refractivity contribution in [2.75, 3.05) is 26.2 Å². The molecule has 43 heavy (non-hydrogen) atoms. The lowest BCUT2D eigenvalue weighted by atomic mass is 9.98. The normalized spacial score (nSPS) is 16.9. The second-order valence-electron chi connectivity index (χ2n) is 11.4. The van der Waals surface area contributed by atoms with Gasteiger partial charge in [0.25, 0.3) is 11.5 Å². The SMILES string of the molecule is Cc1cc(C)n(-c2nc3c(c(=O)n2-c2ccc(OCCN4CCCC4)nn2)C[C@@H](C)N(C(=O)c2ccc(Br)c(C)c2)C3)n1. The molecule has 224 valence electrons. The van der Waals surface area contributed by atoms with Crippen molar-refractivity contribution in [3.05, 3.63) is 85.0 Å². The van der Waals surface area contributed by atoms with Crippen LogP contribution in [0.1, 0.15) is 58.3 Å². The van der Waals surface area contributed by atoms with E-state index in [1.54, 1.807) is 21.7 Å². The van der Waals surface area contributed by atoms with Gasteiger partial charge in [-0.3, -0.25) is 14.5 Å². The molecule has 2 aliphatic heterocycles. The first kappa shape index (κ1) is 29.2. The molecule has 0 N–H and O–H groups in total. The number of fused-ring (bicyclic) bond motifs is 1. The van der Waals surface area contributed by atoms with Crippen molar-refractivity contribution in [1.29, 1.82) is 0 Å². The summed E-state index contributed by atoms with van der Waals surface area (Å²) in [5, 5.41) is 13.3. The first-order chi connectivity index (χ1) is 20.7. The standard InChI is InChI=1S/C31H35BrN8O3/c1-19-15-23(7-8-25(19)32)29(41)38-18-26-24(17-21(38)3)30(42)39(31(33-26)40-22(4)16-20(2)36-40)27-9-10-28(35-34-27)43-14-13-37-11-5-6-12-37/h7-10,15-16,21H,5-6,11-14,17-18H2,1-4H3/t21-/m1/s1. The van der Waals surface area contributed by atoms with Gasteiger partial charge in [0.1, 0.15) is 6.61 Å². The Balaban J connectivity index is 1.35. The fraction of sp³-hybridized carbons (Fsp3) is 0.419. The van der Waals surface area contributed by atoms with E-state index in [0.717, 1.165) is 41.1 Å². The number of halogens is 1. The van der Waals surface area contributed by atoms with Gasteiger partial charge in [0, 0.05) is 39.9 Å². The van der Waals surface area contributed by atoms with Crippen LogP contribution in [-0.2, 0) is 13.0 Å². The minimum atomic E-state index is -0.247. The highest BCUT2D eigenvalue weighted by Crippen LogP contribution is 2.26. The van der Waals surface area contributed by atoms with E-state index in [9.17, 15) is 9.59 Å². The minimum Gasteiger partial charge on any atom is -0.475 e. The van der Waals surface area contributed by atoms with Crippen LogP contribution in [-0.4, -0.2) is 77.5 Å². The van der Waals surface area contributed by atoms with Crippen molar-refractivity contribution in [2.24, 2.45) is 0 Å². The fourth-order valence-corrected chi connectivity index (χ4v) is 6.08. The second-order valence-corrected chi connectivity index (χ2v) is 12.2. The lowest BCUT2D eigenvalue weighted by Crippen LogP contribution is -2.46. The highest BCUT2D eigenvalue weighted by molar-refractivity contribution is 9.10. The monoisotopic (exact) mass is 646 g/mol. The summed E-state index contributed by atoms with van der Waals surface area (Å²) in [4.78, 5) is 36.9. The smallest absolute Gasteiger partial charge is 0.264 e. The Labute approximate surface area is 258 Å². The molecule has 5 heterocycles. The van der Waals surface area contributed by atoms with Crippen molar-refractivity contribution in [1.82, 2.24) is 39.3 Å². The molecule has 0 radical (unpaired) electrons. The number of aryl methyl sites for hydroxylation is 3. The molecule has 6 rings (SSSR count). The van der Waals surface area contributed by atoms with E-state index in [4.69, 9.17) is 9.72 Å². The minimum absolute atomic E-state index is 0.0985. The summed E-state index contributed by atoms with van der Waals surface area (Å²) in [7, 11) is 0. The average molecular weight is 648 g/mol. The molecule has 1 fully saturated rings. The highest BCUT2D eigenvalue weighted by Gasteiger charge is 2.33. The molecule has 0 bridgehead atoms. The van der Waals surface area contributed by atoms with Crippen LogP contribution in [0.15, 0.2) is 45.7 Å². The third kappa shape index (κ3) is 5.85. The molecule has 1 aromatic carbocycles. The molecule has 3 aromatic heterocycles. The first-order valence-electron chi connectivity index (χ1n) is 14.6.